The molecule has 1 amide bonds. The van der Waals surface area contributed by atoms with Crippen LogP contribution in [0.25, 0.3) is 0 Å². The van der Waals surface area contributed by atoms with Crippen LogP contribution >= 0.6 is 0 Å². The molecular weight excluding hydrogens is 383 g/mol. The van der Waals surface area contributed by atoms with Crippen molar-refractivity contribution in [3.8, 4) is 11.8 Å². The second kappa shape index (κ2) is 10.6. The van der Waals surface area contributed by atoms with Crippen LogP contribution < -0.4 is 9.64 Å². The number of rotatable bonds is 8. The van der Waals surface area contributed by atoms with Crippen molar-refractivity contribution in [3.05, 3.63) is 59.9 Å². The Hall–Kier alpha value is -3.11. The largest absolute Gasteiger partial charge is 0.494 e. The lowest BCUT2D eigenvalue weighted by Gasteiger charge is -2.36. The Morgan fingerprint density at radius 3 is 2.57 bits per heavy atom. The van der Waals surface area contributed by atoms with Gasteiger partial charge in [-0.15, -0.1) is 0 Å². The molecule has 3 rings (SSSR count). The molecule has 1 aliphatic rings. The molecule has 1 saturated heterocycles. The first-order chi connectivity index (χ1) is 14.6. The Balaban J connectivity index is 1.39. The van der Waals surface area contributed by atoms with Crippen molar-refractivity contribution in [2.45, 2.75) is 6.42 Å². The number of benzene rings is 2. The van der Waals surface area contributed by atoms with Crippen LogP contribution in [0.5, 0.6) is 5.75 Å². The van der Waals surface area contributed by atoms with E-state index in [1.165, 1.54) is 6.07 Å². The summed E-state index contributed by atoms with van der Waals surface area (Å²) in [6, 6.07) is 16.3. The van der Waals surface area contributed by atoms with Gasteiger partial charge in [0.1, 0.15) is 23.2 Å². The third-order valence-corrected chi connectivity index (χ3v) is 5.25. The standard InChI is InChI=1S/C23H27FN4O2/c1-26(11-6-16-30-19-7-3-2-4-8-19)23(29)18-27-12-14-28(15-13-27)22-10-5-9-21(24)20(22)17-25/h2-5,7-10H,6,11-16,18H2,1H3. The Labute approximate surface area is 177 Å². The number of nitrogens with zero attached hydrogens (tertiary/aromatic N) is 4. The molecule has 0 aromatic heterocycles. The van der Waals surface area contributed by atoms with E-state index >= 15 is 0 Å². The topological polar surface area (TPSA) is 59.8 Å². The normalized spacial score (nSPS) is 14.2. The van der Waals surface area contributed by atoms with E-state index in [1.807, 2.05) is 48.3 Å². The van der Waals surface area contributed by atoms with Gasteiger partial charge in [0, 0.05) is 39.8 Å². The molecule has 30 heavy (non-hydrogen) atoms. The summed E-state index contributed by atoms with van der Waals surface area (Å²) in [6.07, 6.45) is 0.765. The van der Waals surface area contributed by atoms with Crippen LogP contribution in [0.1, 0.15) is 12.0 Å². The van der Waals surface area contributed by atoms with E-state index in [0.29, 0.717) is 51.6 Å². The molecule has 2 aromatic carbocycles. The van der Waals surface area contributed by atoms with Gasteiger partial charge in [0.25, 0.3) is 0 Å². The second-order valence-corrected chi connectivity index (χ2v) is 7.34. The fourth-order valence-corrected chi connectivity index (χ4v) is 3.48. The van der Waals surface area contributed by atoms with Crippen LogP contribution in [-0.4, -0.2) is 68.6 Å². The third kappa shape index (κ3) is 5.71. The van der Waals surface area contributed by atoms with Gasteiger partial charge in [0.15, 0.2) is 0 Å². The Morgan fingerprint density at radius 1 is 1.13 bits per heavy atom. The van der Waals surface area contributed by atoms with Crippen LogP contribution in [0.15, 0.2) is 48.5 Å². The summed E-state index contributed by atoms with van der Waals surface area (Å²) in [5.74, 6) is 0.416. The number of amides is 1. The quantitative estimate of drug-likeness (QED) is 0.627. The summed E-state index contributed by atoms with van der Waals surface area (Å²) in [5, 5.41) is 9.23. The molecule has 6 nitrogen and oxygen atoms in total. The number of anilines is 1. The van der Waals surface area contributed by atoms with Crippen LogP contribution in [0, 0.1) is 17.1 Å². The Kier molecular flexibility index (Phi) is 7.63. The van der Waals surface area contributed by atoms with Gasteiger partial charge in [-0.05, 0) is 30.7 Å². The third-order valence-electron chi connectivity index (χ3n) is 5.25. The second-order valence-electron chi connectivity index (χ2n) is 7.34. The molecule has 0 saturated carbocycles. The average molecular weight is 410 g/mol. The number of ether oxygens (including phenoxy) is 1. The van der Waals surface area contributed by atoms with Gasteiger partial charge in [-0.3, -0.25) is 9.69 Å². The molecule has 158 valence electrons. The van der Waals surface area contributed by atoms with Gasteiger partial charge in [-0.1, -0.05) is 24.3 Å². The maximum Gasteiger partial charge on any atom is 0.236 e. The van der Waals surface area contributed by atoms with Gasteiger partial charge < -0.3 is 14.5 Å². The van der Waals surface area contributed by atoms with Crippen molar-refractivity contribution < 1.29 is 13.9 Å². The minimum absolute atomic E-state index is 0.0756. The number of hydrogen-bond donors (Lipinski definition) is 0. The van der Waals surface area contributed by atoms with Crippen LogP contribution in [-0.2, 0) is 4.79 Å². The predicted octanol–water partition coefficient (Wildman–Crippen LogP) is 2.75. The summed E-state index contributed by atoms with van der Waals surface area (Å²) >= 11 is 0. The Morgan fingerprint density at radius 2 is 1.87 bits per heavy atom. The number of carbonyl (C=O) groups is 1. The van der Waals surface area contributed by atoms with Crippen LogP contribution in [0.4, 0.5) is 10.1 Å². The zero-order valence-corrected chi connectivity index (χ0v) is 17.3. The predicted molar refractivity (Wildman–Crippen MR) is 114 cm³/mol. The Bertz CT molecular complexity index is 877. The fraction of sp³-hybridized carbons (Fsp3) is 0.391. The van der Waals surface area contributed by atoms with Crippen molar-refractivity contribution in [2.75, 3.05) is 57.8 Å². The number of hydrogen-bond acceptors (Lipinski definition) is 5. The van der Waals surface area contributed by atoms with Crippen molar-refractivity contribution in [1.82, 2.24) is 9.80 Å². The summed E-state index contributed by atoms with van der Waals surface area (Å²) in [5.41, 5.74) is 0.707. The number of piperazine rings is 1. The number of carbonyl (C=O) groups excluding carboxylic acids is 1. The molecule has 0 atom stereocenters. The zero-order chi connectivity index (χ0) is 21.3. The number of halogens is 1. The van der Waals surface area contributed by atoms with Gasteiger partial charge in [-0.25, -0.2) is 4.39 Å². The van der Waals surface area contributed by atoms with E-state index in [-0.39, 0.29) is 11.5 Å². The first kappa shape index (κ1) is 21.6. The summed E-state index contributed by atoms with van der Waals surface area (Å²) in [6.45, 7) is 4.25. The van der Waals surface area contributed by atoms with E-state index in [9.17, 15) is 14.4 Å². The smallest absolute Gasteiger partial charge is 0.236 e. The van der Waals surface area contributed by atoms with Crippen molar-refractivity contribution in [2.24, 2.45) is 0 Å². The lowest BCUT2D eigenvalue weighted by atomic mass is 10.1. The summed E-state index contributed by atoms with van der Waals surface area (Å²) < 4.78 is 19.5. The number of likely N-dealkylation sites (N-methyl/N-ethyl adjacent to an activating group) is 1. The molecule has 0 bridgehead atoms. The SMILES string of the molecule is CN(CCCOc1ccccc1)C(=O)CN1CCN(c2cccc(F)c2C#N)CC1. The van der Waals surface area contributed by atoms with E-state index in [1.54, 1.807) is 17.0 Å². The van der Waals surface area contributed by atoms with Crippen molar-refractivity contribution in [1.29, 1.82) is 5.26 Å². The highest BCUT2D eigenvalue weighted by molar-refractivity contribution is 5.78. The maximum absolute atomic E-state index is 13.8. The highest BCUT2D eigenvalue weighted by Crippen LogP contribution is 2.23. The fourth-order valence-electron chi connectivity index (χ4n) is 3.48. The molecule has 7 heteroatoms. The molecule has 0 unspecified atom stereocenters. The van der Waals surface area contributed by atoms with Crippen molar-refractivity contribution in [3.63, 3.8) is 0 Å². The molecular formula is C23H27FN4O2. The molecule has 2 aromatic rings. The first-order valence-electron chi connectivity index (χ1n) is 10.2. The molecule has 1 fully saturated rings. The summed E-state index contributed by atoms with van der Waals surface area (Å²) in [4.78, 5) is 18.4. The highest BCUT2D eigenvalue weighted by Gasteiger charge is 2.23. The minimum atomic E-state index is -0.495. The molecule has 0 radical (unpaired) electrons. The number of para-hydroxylation sites is 1. The van der Waals surface area contributed by atoms with E-state index < -0.39 is 5.82 Å². The summed E-state index contributed by atoms with van der Waals surface area (Å²) in [7, 11) is 1.81. The molecule has 0 N–H and O–H groups in total. The lowest BCUT2D eigenvalue weighted by Crippen LogP contribution is -2.50. The van der Waals surface area contributed by atoms with Crippen molar-refractivity contribution >= 4 is 11.6 Å². The van der Waals surface area contributed by atoms with Gasteiger partial charge in [0.2, 0.25) is 5.91 Å². The molecule has 1 aliphatic heterocycles. The van der Waals surface area contributed by atoms with Gasteiger partial charge >= 0.3 is 0 Å². The van der Waals surface area contributed by atoms with E-state index in [2.05, 4.69) is 4.90 Å². The zero-order valence-electron chi connectivity index (χ0n) is 17.3. The monoisotopic (exact) mass is 410 g/mol. The average Bonchev–Trinajstić information content (AvgIpc) is 2.77. The van der Waals surface area contributed by atoms with E-state index in [4.69, 9.17) is 4.74 Å². The molecule has 0 aliphatic carbocycles. The van der Waals surface area contributed by atoms with Crippen LogP contribution in [0.2, 0.25) is 0 Å². The minimum Gasteiger partial charge on any atom is -0.494 e. The first-order valence-corrected chi connectivity index (χ1v) is 10.2. The van der Waals surface area contributed by atoms with Gasteiger partial charge in [0.05, 0.1) is 18.8 Å². The molecule has 0 spiro atoms. The lowest BCUT2D eigenvalue weighted by molar-refractivity contribution is -0.131. The van der Waals surface area contributed by atoms with Crippen LogP contribution in [0.3, 0.4) is 0 Å². The number of nitriles is 1. The van der Waals surface area contributed by atoms with E-state index in [0.717, 1.165) is 12.2 Å². The molecule has 1 heterocycles. The highest BCUT2D eigenvalue weighted by atomic mass is 19.1. The van der Waals surface area contributed by atoms with Gasteiger partial charge in [-0.2, -0.15) is 5.26 Å². The maximum atomic E-state index is 13.8.